The maximum atomic E-state index is 15.2. The molecule has 0 saturated heterocycles. The molecule has 2 heterocycles. The zero-order chi connectivity index (χ0) is 37.6. The van der Waals surface area contributed by atoms with Gasteiger partial charge in [0.15, 0.2) is 5.83 Å². The number of nitrogens with zero attached hydrogens (tertiary/aromatic N) is 2. The highest BCUT2D eigenvalue weighted by atomic mass is 19.1. The van der Waals surface area contributed by atoms with E-state index in [0.29, 0.717) is 49.8 Å². The lowest BCUT2D eigenvalue weighted by Gasteiger charge is -2.41. The summed E-state index contributed by atoms with van der Waals surface area (Å²) in [7, 11) is 0. The van der Waals surface area contributed by atoms with Gasteiger partial charge in [0.2, 0.25) is 17.7 Å². The Morgan fingerprint density at radius 1 is 0.717 bits per heavy atom. The third-order valence-electron chi connectivity index (χ3n) is 10.8. The lowest BCUT2D eigenvalue weighted by molar-refractivity contribution is -0.122. The second-order valence-corrected chi connectivity index (χ2v) is 14.4. The molecule has 3 aromatic carbocycles. The molecule has 0 spiro atoms. The van der Waals surface area contributed by atoms with E-state index in [9.17, 15) is 19.2 Å². The maximum absolute atomic E-state index is 15.2. The Balaban J connectivity index is 0.971. The first-order chi connectivity index (χ1) is 25.6. The Bertz CT molecular complexity index is 1850. The smallest absolute Gasteiger partial charge is 0.280 e. The molecule has 0 radical (unpaired) electrons. The number of anilines is 4. The molecule has 4 amide bonds. The molecule has 11 heteroatoms. The van der Waals surface area contributed by atoms with Crippen molar-refractivity contribution in [2.75, 3.05) is 27.0 Å². The maximum Gasteiger partial charge on any atom is 0.280 e. The molecule has 10 nitrogen and oxygen atoms in total. The van der Waals surface area contributed by atoms with Crippen molar-refractivity contribution in [3.8, 4) is 0 Å². The number of fused-ring (bicyclic) bond motifs is 2. The first-order valence-corrected chi connectivity index (χ1v) is 19.0. The van der Waals surface area contributed by atoms with Gasteiger partial charge in [0.25, 0.3) is 5.91 Å². The van der Waals surface area contributed by atoms with Crippen molar-refractivity contribution in [1.29, 1.82) is 0 Å². The standard InChI is InChI=1S/C42H51FN6O4/c1-5-39(51)48-26(3)23-34(32-11-7-9-13-36(32)48)45-29-17-15-28(16-18-29)41(43)42(53)44-25-38(50)47-31-21-19-30(20-22-31)46-35-24-27(4)49(40(52)6-2)37-14-10-8-12-33(35)37/h7-14,19-22,26-27,29,34-35,45-46H,5-6,15-18,23-25H2,1-4H3,(H,44,53)(H,47,50)/t26-,27-,29?,34+,35+/m0/s1. The van der Waals surface area contributed by atoms with Gasteiger partial charge in [-0.15, -0.1) is 0 Å². The van der Waals surface area contributed by atoms with Gasteiger partial charge in [-0.3, -0.25) is 19.2 Å². The molecule has 3 aliphatic rings. The van der Waals surface area contributed by atoms with E-state index in [0.717, 1.165) is 41.0 Å². The first kappa shape index (κ1) is 37.7. The van der Waals surface area contributed by atoms with Crippen molar-refractivity contribution in [2.24, 2.45) is 0 Å². The Morgan fingerprint density at radius 2 is 1.23 bits per heavy atom. The fourth-order valence-electron chi connectivity index (χ4n) is 8.11. The summed E-state index contributed by atoms with van der Waals surface area (Å²) in [6, 6.07) is 23.6. The Labute approximate surface area is 311 Å². The summed E-state index contributed by atoms with van der Waals surface area (Å²) in [5.41, 5.74) is 5.93. The number of allylic oxidation sites excluding steroid dienone is 1. The molecule has 2 aliphatic heterocycles. The first-order valence-electron chi connectivity index (χ1n) is 19.0. The predicted molar refractivity (Wildman–Crippen MR) is 207 cm³/mol. The largest absolute Gasteiger partial charge is 0.378 e. The topological polar surface area (TPSA) is 123 Å². The number of halogens is 1. The normalized spacial score (nSPS) is 22.3. The highest BCUT2D eigenvalue weighted by Crippen LogP contribution is 2.40. The van der Waals surface area contributed by atoms with Gasteiger partial charge in [-0.1, -0.05) is 50.2 Å². The van der Waals surface area contributed by atoms with Crippen LogP contribution in [0.25, 0.3) is 0 Å². The summed E-state index contributed by atoms with van der Waals surface area (Å²) in [6.45, 7) is 7.54. The minimum absolute atomic E-state index is 0.0103. The zero-order valence-corrected chi connectivity index (χ0v) is 31.1. The molecule has 0 bridgehead atoms. The van der Waals surface area contributed by atoms with Crippen molar-refractivity contribution in [2.45, 2.75) is 109 Å². The molecule has 4 atom stereocenters. The molecule has 0 aromatic heterocycles. The van der Waals surface area contributed by atoms with Crippen LogP contribution < -0.4 is 31.1 Å². The van der Waals surface area contributed by atoms with Crippen molar-refractivity contribution >= 4 is 46.4 Å². The molecule has 0 unspecified atom stereocenters. The lowest BCUT2D eigenvalue weighted by Crippen LogP contribution is -2.47. The third-order valence-corrected chi connectivity index (χ3v) is 10.8. The van der Waals surface area contributed by atoms with E-state index in [1.165, 1.54) is 0 Å². The molecule has 6 rings (SSSR count). The molecule has 1 aliphatic carbocycles. The van der Waals surface area contributed by atoms with Gasteiger partial charge < -0.3 is 31.1 Å². The van der Waals surface area contributed by atoms with E-state index < -0.39 is 17.6 Å². The van der Waals surface area contributed by atoms with Gasteiger partial charge in [0.05, 0.1) is 12.6 Å². The average molecular weight is 723 g/mol. The highest BCUT2D eigenvalue weighted by Gasteiger charge is 2.35. The van der Waals surface area contributed by atoms with Crippen LogP contribution in [0.5, 0.6) is 0 Å². The van der Waals surface area contributed by atoms with Crippen LogP contribution in [-0.4, -0.2) is 48.3 Å². The van der Waals surface area contributed by atoms with E-state index in [1.807, 2.05) is 78.2 Å². The SMILES string of the molecule is CCC(=O)N1c2ccccc2[C@H](Nc2ccc(NC(=O)CNC(=O)C(F)=C3CCC(N[C@@H]4C[C@H](C)N(C(=O)CC)c5ccccc54)CC3)cc2)C[C@@H]1C. The number of rotatable bonds is 10. The molecular formula is C42H51FN6O4. The summed E-state index contributed by atoms with van der Waals surface area (Å²) >= 11 is 0. The predicted octanol–water partition coefficient (Wildman–Crippen LogP) is 7.46. The second kappa shape index (κ2) is 16.8. The monoisotopic (exact) mass is 722 g/mol. The molecule has 280 valence electrons. The van der Waals surface area contributed by atoms with Gasteiger partial charge in [-0.05, 0) is 105 Å². The Hall–Kier alpha value is -5.03. The summed E-state index contributed by atoms with van der Waals surface area (Å²) < 4.78 is 15.2. The summed E-state index contributed by atoms with van der Waals surface area (Å²) in [5.74, 6) is -1.93. The van der Waals surface area contributed by atoms with Crippen molar-refractivity contribution in [3.05, 3.63) is 95.3 Å². The van der Waals surface area contributed by atoms with E-state index in [4.69, 9.17) is 0 Å². The second-order valence-electron chi connectivity index (χ2n) is 14.4. The number of benzene rings is 3. The Kier molecular flexibility index (Phi) is 11.9. The number of carbonyl (C=O) groups excluding carboxylic acids is 4. The van der Waals surface area contributed by atoms with Crippen molar-refractivity contribution in [1.82, 2.24) is 10.6 Å². The molecule has 53 heavy (non-hydrogen) atoms. The van der Waals surface area contributed by atoms with Crippen LogP contribution in [0, 0.1) is 0 Å². The van der Waals surface area contributed by atoms with Crippen LogP contribution in [0.2, 0.25) is 0 Å². The molecular weight excluding hydrogens is 671 g/mol. The zero-order valence-electron chi connectivity index (χ0n) is 31.1. The van der Waals surface area contributed by atoms with Crippen LogP contribution >= 0.6 is 0 Å². The number of hydrogen-bond acceptors (Lipinski definition) is 6. The van der Waals surface area contributed by atoms with Crippen LogP contribution in [0.4, 0.5) is 27.1 Å². The number of para-hydroxylation sites is 2. The molecule has 4 N–H and O–H groups in total. The van der Waals surface area contributed by atoms with Crippen LogP contribution in [0.1, 0.15) is 102 Å². The van der Waals surface area contributed by atoms with Gasteiger partial charge in [0, 0.05) is 59.8 Å². The molecule has 1 fully saturated rings. The van der Waals surface area contributed by atoms with E-state index >= 15 is 4.39 Å². The minimum atomic E-state index is -0.877. The van der Waals surface area contributed by atoms with Gasteiger partial charge in [-0.2, -0.15) is 0 Å². The fraction of sp³-hybridized carbons (Fsp3) is 0.429. The lowest BCUT2D eigenvalue weighted by atomic mass is 9.86. The van der Waals surface area contributed by atoms with Crippen LogP contribution in [0.15, 0.2) is 84.2 Å². The fourth-order valence-corrected chi connectivity index (χ4v) is 8.11. The average Bonchev–Trinajstić information content (AvgIpc) is 3.17. The van der Waals surface area contributed by atoms with Crippen molar-refractivity contribution in [3.63, 3.8) is 0 Å². The van der Waals surface area contributed by atoms with Crippen molar-refractivity contribution < 1.29 is 23.6 Å². The van der Waals surface area contributed by atoms with Gasteiger partial charge in [-0.25, -0.2) is 4.39 Å². The van der Waals surface area contributed by atoms with Crippen LogP contribution in [-0.2, 0) is 19.2 Å². The van der Waals surface area contributed by atoms with Crippen LogP contribution in [0.3, 0.4) is 0 Å². The van der Waals surface area contributed by atoms with E-state index in [1.54, 1.807) is 12.1 Å². The number of amides is 4. The highest BCUT2D eigenvalue weighted by molar-refractivity contribution is 5.98. The molecule has 3 aromatic rings. The Morgan fingerprint density at radius 3 is 1.79 bits per heavy atom. The minimum Gasteiger partial charge on any atom is -0.378 e. The van der Waals surface area contributed by atoms with Gasteiger partial charge in [0.1, 0.15) is 0 Å². The van der Waals surface area contributed by atoms with Gasteiger partial charge >= 0.3 is 0 Å². The summed E-state index contributed by atoms with van der Waals surface area (Å²) in [5, 5.41) is 12.5. The number of hydrogen-bond donors (Lipinski definition) is 4. The summed E-state index contributed by atoms with van der Waals surface area (Å²) in [4.78, 5) is 54.5. The quantitative estimate of drug-likeness (QED) is 0.161. The van der Waals surface area contributed by atoms with E-state index in [2.05, 4.69) is 41.2 Å². The number of carbonyl (C=O) groups is 4. The third kappa shape index (κ3) is 8.46. The summed E-state index contributed by atoms with van der Waals surface area (Å²) in [6.07, 6.45) is 4.72. The van der Waals surface area contributed by atoms with E-state index in [-0.39, 0.29) is 48.6 Å². The molecule has 1 saturated carbocycles. The number of nitrogens with one attached hydrogen (secondary N) is 4.